The van der Waals surface area contributed by atoms with E-state index in [-0.39, 0.29) is 0 Å². The van der Waals surface area contributed by atoms with Gasteiger partial charge in [-0.1, -0.05) is 20.8 Å². The van der Waals surface area contributed by atoms with Crippen molar-refractivity contribution in [3.8, 4) is 0 Å². The highest BCUT2D eigenvalue weighted by Gasteiger charge is 2.00. The molecule has 0 fully saturated rings. The van der Waals surface area contributed by atoms with E-state index in [4.69, 9.17) is 5.73 Å². The summed E-state index contributed by atoms with van der Waals surface area (Å²) < 4.78 is 0. The minimum Gasteiger partial charge on any atom is -0.328 e. The number of thioether (sulfide) groups is 1. The highest BCUT2D eigenvalue weighted by Crippen LogP contribution is 2.07. The molecule has 2 nitrogen and oxygen atoms in total. The normalized spacial score (nSPS) is 13.4. The standard InChI is InChI=1S/C12H28N2S/c1-4-12(13)8-7-10-15-11-9-14(5-2)6-3/h12H,4-11,13H2,1-3H3. The van der Waals surface area contributed by atoms with Crippen molar-refractivity contribution in [1.82, 2.24) is 4.90 Å². The lowest BCUT2D eigenvalue weighted by molar-refractivity contribution is 0.324. The molecule has 0 bridgehead atoms. The lowest BCUT2D eigenvalue weighted by Crippen LogP contribution is -2.25. The second kappa shape index (κ2) is 10.8. The fourth-order valence-corrected chi connectivity index (χ4v) is 2.45. The van der Waals surface area contributed by atoms with E-state index in [0.29, 0.717) is 6.04 Å². The Morgan fingerprint density at radius 1 is 1.13 bits per heavy atom. The van der Waals surface area contributed by atoms with Gasteiger partial charge in [-0.3, -0.25) is 0 Å². The van der Waals surface area contributed by atoms with Crippen LogP contribution < -0.4 is 5.73 Å². The zero-order valence-electron chi connectivity index (χ0n) is 10.7. The van der Waals surface area contributed by atoms with Gasteiger partial charge in [-0.2, -0.15) is 11.8 Å². The van der Waals surface area contributed by atoms with Gasteiger partial charge < -0.3 is 10.6 Å². The summed E-state index contributed by atoms with van der Waals surface area (Å²) in [5.74, 6) is 2.54. The number of hydrogen-bond acceptors (Lipinski definition) is 3. The molecule has 0 saturated heterocycles. The van der Waals surface area contributed by atoms with Crippen molar-refractivity contribution in [2.24, 2.45) is 5.73 Å². The molecule has 0 amide bonds. The van der Waals surface area contributed by atoms with Crippen molar-refractivity contribution in [3.05, 3.63) is 0 Å². The van der Waals surface area contributed by atoms with Gasteiger partial charge in [0, 0.05) is 18.3 Å². The van der Waals surface area contributed by atoms with Crippen molar-refractivity contribution < 1.29 is 0 Å². The maximum atomic E-state index is 5.86. The van der Waals surface area contributed by atoms with Crippen LogP contribution in [0.2, 0.25) is 0 Å². The maximum Gasteiger partial charge on any atom is 0.00721 e. The molecule has 0 spiro atoms. The third kappa shape index (κ3) is 9.21. The van der Waals surface area contributed by atoms with Gasteiger partial charge in [-0.05, 0) is 38.1 Å². The van der Waals surface area contributed by atoms with Crippen molar-refractivity contribution in [2.75, 3.05) is 31.1 Å². The molecule has 15 heavy (non-hydrogen) atoms. The van der Waals surface area contributed by atoms with Crippen molar-refractivity contribution in [3.63, 3.8) is 0 Å². The first-order valence-electron chi connectivity index (χ1n) is 6.30. The Hall–Kier alpha value is 0.270. The van der Waals surface area contributed by atoms with E-state index in [1.165, 1.54) is 44.0 Å². The van der Waals surface area contributed by atoms with Gasteiger partial charge in [0.25, 0.3) is 0 Å². The summed E-state index contributed by atoms with van der Waals surface area (Å²) in [7, 11) is 0. The smallest absolute Gasteiger partial charge is 0.00721 e. The molecule has 0 aliphatic heterocycles. The first-order valence-corrected chi connectivity index (χ1v) is 7.45. The van der Waals surface area contributed by atoms with Gasteiger partial charge in [0.1, 0.15) is 0 Å². The second-order valence-corrected chi connectivity index (χ2v) is 5.17. The average Bonchev–Trinajstić information content (AvgIpc) is 2.28. The SMILES string of the molecule is CCC(N)CCCSCCN(CC)CC. The highest BCUT2D eigenvalue weighted by atomic mass is 32.2. The van der Waals surface area contributed by atoms with Crippen LogP contribution in [0.15, 0.2) is 0 Å². The van der Waals surface area contributed by atoms with Crippen LogP contribution >= 0.6 is 11.8 Å². The zero-order chi connectivity index (χ0) is 11.5. The van der Waals surface area contributed by atoms with Gasteiger partial charge in [-0.25, -0.2) is 0 Å². The van der Waals surface area contributed by atoms with E-state index < -0.39 is 0 Å². The molecule has 0 aliphatic rings. The Labute approximate surface area is 100.0 Å². The minimum atomic E-state index is 0.424. The highest BCUT2D eigenvalue weighted by molar-refractivity contribution is 7.99. The number of nitrogens with zero attached hydrogens (tertiary/aromatic N) is 1. The van der Waals surface area contributed by atoms with E-state index in [1.54, 1.807) is 0 Å². The van der Waals surface area contributed by atoms with Crippen molar-refractivity contribution >= 4 is 11.8 Å². The van der Waals surface area contributed by atoms with Crippen molar-refractivity contribution in [1.29, 1.82) is 0 Å². The molecule has 0 heterocycles. The molecule has 3 heteroatoms. The Morgan fingerprint density at radius 3 is 2.33 bits per heavy atom. The fourth-order valence-electron chi connectivity index (χ4n) is 1.49. The van der Waals surface area contributed by atoms with Crippen LogP contribution in [0.4, 0.5) is 0 Å². The molecule has 0 radical (unpaired) electrons. The quantitative estimate of drug-likeness (QED) is 0.587. The second-order valence-electron chi connectivity index (χ2n) is 3.95. The summed E-state index contributed by atoms with van der Waals surface area (Å²) in [4.78, 5) is 2.48. The van der Waals surface area contributed by atoms with Gasteiger partial charge in [0.15, 0.2) is 0 Å². The minimum absolute atomic E-state index is 0.424. The number of nitrogens with two attached hydrogens (primary N) is 1. The molecule has 0 saturated carbocycles. The molecule has 1 atom stereocenters. The Morgan fingerprint density at radius 2 is 1.80 bits per heavy atom. The lowest BCUT2D eigenvalue weighted by atomic mass is 10.1. The molecule has 0 aromatic carbocycles. The summed E-state index contributed by atoms with van der Waals surface area (Å²) in [5.41, 5.74) is 5.86. The Kier molecular flexibility index (Phi) is 11.0. The van der Waals surface area contributed by atoms with Crippen LogP contribution in [0.1, 0.15) is 40.0 Å². The predicted molar refractivity (Wildman–Crippen MR) is 72.6 cm³/mol. The van der Waals surface area contributed by atoms with Crippen LogP contribution in [0.3, 0.4) is 0 Å². The van der Waals surface area contributed by atoms with E-state index in [0.717, 1.165) is 6.42 Å². The molecule has 0 aromatic rings. The summed E-state index contributed by atoms with van der Waals surface area (Å²) in [6, 6.07) is 0.424. The average molecular weight is 232 g/mol. The van der Waals surface area contributed by atoms with E-state index >= 15 is 0 Å². The van der Waals surface area contributed by atoms with Gasteiger partial charge in [-0.15, -0.1) is 0 Å². The Bertz CT molecular complexity index is 127. The van der Waals surface area contributed by atoms with Crippen LogP contribution in [0, 0.1) is 0 Å². The lowest BCUT2D eigenvalue weighted by Gasteiger charge is -2.17. The van der Waals surface area contributed by atoms with Crippen LogP contribution in [0.5, 0.6) is 0 Å². The topological polar surface area (TPSA) is 29.3 Å². The van der Waals surface area contributed by atoms with Crippen LogP contribution in [-0.2, 0) is 0 Å². The Balaban J connectivity index is 3.17. The van der Waals surface area contributed by atoms with Crippen LogP contribution in [-0.4, -0.2) is 42.1 Å². The summed E-state index contributed by atoms with van der Waals surface area (Å²) >= 11 is 2.07. The molecule has 0 aromatic heterocycles. The maximum absolute atomic E-state index is 5.86. The number of hydrogen-bond donors (Lipinski definition) is 1. The monoisotopic (exact) mass is 232 g/mol. The molecule has 0 rings (SSSR count). The molecule has 92 valence electrons. The largest absolute Gasteiger partial charge is 0.328 e. The van der Waals surface area contributed by atoms with E-state index in [9.17, 15) is 0 Å². The van der Waals surface area contributed by atoms with E-state index in [2.05, 4.69) is 37.4 Å². The molecule has 2 N–H and O–H groups in total. The molecule has 1 unspecified atom stereocenters. The first-order chi connectivity index (χ1) is 7.24. The zero-order valence-corrected chi connectivity index (χ0v) is 11.5. The summed E-state index contributed by atoms with van der Waals surface area (Å²) in [6.07, 6.45) is 3.58. The summed E-state index contributed by atoms with van der Waals surface area (Å²) in [5, 5.41) is 0. The van der Waals surface area contributed by atoms with Gasteiger partial charge in [0.05, 0.1) is 0 Å². The molecule has 0 aliphatic carbocycles. The van der Waals surface area contributed by atoms with Crippen LogP contribution in [0.25, 0.3) is 0 Å². The summed E-state index contributed by atoms with van der Waals surface area (Å²) in [6.45, 7) is 10.2. The third-order valence-electron chi connectivity index (χ3n) is 2.83. The molecular formula is C12H28N2S. The first kappa shape index (κ1) is 15.3. The van der Waals surface area contributed by atoms with Gasteiger partial charge >= 0.3 is 0 Å². The number of rotatable bonds is 10. The fraction of sp³-hybridized carbons (Fsp3) is 1.00. The van der Waals surface area contributed by atoms with Crippen molar-refractivity contribution in [2.45, 2.75) is 46.1 Å². The van der Waals surface area contributed by atoms with Gasteiger partial charge in [0.2, 0.25) is 0 Å². The van der Waals surface area contributed by atoms with E-state index in [1.807, 2.05) is 0 Å². The third-order valence-corrected chi connectivity index (χ3v) is 3.88. The molecular weight excluding hydrogens is 204 g/mol. The predicted octanol–water partition coefficient (Wildman–Crippen LogP) is 2.58.